The molecule has 0 aliphatic carbocycles. The summed E-state index contributed by atoms with van der Waals surface area (Å²) in [4.78, 5) is 0.319. The van der Waals surface area contributed by atoms with Crippen LogP contribution in [0.5, 0.6) is 17.2 Å². The lowest BCUT2D eigenvalue weighted by atomic mass is 10.2. The number of nitrogens with two attached hydrogens (primary N) is 1. The fraction of sp³-hybridized carbons (Fsp3) is 0.188. The van der Waals surface area contributed by atoms with Gasteiger partial charge in [0.2, 0.25) is 0 Å². The maximum atomic E-state index is 5.65. The summed E-state index contributed by atoms with van der Waals surface area (Å²) in [6, 6.07) is 14.8. The van der Waals surface area contributed by atoms with Crippen LogP contribution in [0.2, 0.25) is 0 Å². The average Bonchev–Trinajstić information content (AvgIpc) is 2.52. The van der Waals surface area contributed by atoms with Crippen molar-refractivity contribution in [3.63, 3.8) is 0 Å². The summed E-state index contributed by atoms with van der Waals surface area (Å²) in [6.07, 6.45) is 0. The molecule has 0 saturated heterocycles. The number of thiocarbonyl (C=S) groups is 1. The topological polar surface area (TPSA) is 53.7 Å². The number of rotatable bonds is 7. The molecule has 4 nitrogen and oxygen atoms in total. The lowest BCUT2D eigenvalue weighted by Gasteiger charge is -2.11. The van der Waals surface area contributed by atoms with Crippen LogP contribution in [0.15, 0.2) is 48.5 Å². The first-order valence-corrected chi connectivity index (χ1v) is 6.90. The highest BCUT2D eigenvalue weighted by molar-refractivity contribution is 7.80. The summed E-state index contributed by atoms with van der Waals surface area (Å²) >= 11 is 4.99. The van der Waals surface area contributed by atoms with E-state index in [-0.39, 0.29) is 0 Å². The molecule has 0 aliphatic heterocycles. The molecule has 0 unspecified atom stereocenters. The number of hydrogen-bond acceptors (Lipinski definition) is 4. The Morgan fingerprint density at radius 2 is 1.71 bits per heavy atom. The molecule has 0 heterocycles. The van der Waals surface area contributed by atoms with Gasteiger partial charge in [0, 0.05) is 6.07 Å². The Morgan fingerprint density at radius 1 is 1.00 bits per heavy atom. The minimum absolute atomic E-state index is 0.319. The van der Waals surface area contributed by atoms with Crippen LogP contribution in [-0.4, -0.2) is 25.3 Å². The van der Waals surface area contributed by atoms with Crippen LogP contribution in [0, 0.1) is 0 Å². The first kappa shape index (κ1) is 15.1. The predicted molar refractivity (Wildman–Crippen MR) is 86.3 cm³/mol. The molecule has 2 rings (SSSR count). The molecule has 2 N–H and O–H groups in total. The summed E-state index contributed by atoms with van der Waals surface area (Å²) in [6.45, 7) is 0.815. The number of hydrogen-bond donors (Lipinski definition) is 1. The summed E-state index contributed by atoms with van der Waals surface area (Å²) in [5.74, 6) is 2.16. The molecule has 5 heteroatoms. The number of para-hydroxylation sites is 1. The van der Waals surface area contributed by atoms with Crippen LogP contribution in [0.3, 0.4) is 0 Å². The molecule has 2 aromatic rings. The SMILES string of the molecule is COc1cccc(OCCOc2ccccc2C(N)=S)c1. The van der Waals surface area contributed by atoms with Gasteiger partial charge in [0.15, 0.2) is 0 Å². The van der Waals surface area contributed by atoms with Crippen LogP contribution in [0.25, 0.3) is 0 Å². The first-order chi connectivity index (χ1) is 10.2. The zero-order valence-corrected chi connectivity index (χ0v) is 12.6. The van der Waals surface area contributed by atoms with Gasteiger partial charge in [0.05, 0.1) is 12.7 Å². The van der Waals surface area contributed by atoms with Gasteiger partial charge in [-0.3, -0.25) is 0 Å². The van der Waals surface area contributed by atoms with Crippen molar-refractivity contribution in [3.8, 4) is 17.2 Å². The molecule has 0 radical (unpaired) electrons. The standard InChI is InChI=1S/C16H17NO3S/c1-18-12-5-4-6-13(11-12)19-9-10-20-15-8-3-2-7-14(15)16(17)21/h2-8,11H,9-10H2,1H3,(H2,17,21). The van der Waals surface area contributed by atoms with E-state index in [9.17, 15) is 0 Å². The molecule has 0 spiro atoms. The molecular formula is C16H17NO3S. The zero-order valence-electron chi connectivity index (χ0n) is 11.7. The molecule has 110 valence electrons. The fourth-order valence-corrected chi connectivity index (χ4v) is 1.97. The van der Waals surface area contributed by atoms with Crippen molar-refractivity contribution >= 4 is 17.2 Å². The molecule has 0 aliphatic rings. The van der Waals surface area contributed by atoms with Crippen LogP contribution < -0.4 is 19.9 Å². The van der Waals surface area contributed by atoms with Crippen molar-refractivity contribution in [2.45, 2.75) is 0 Å². The summed E-state index contributed by atoms with van der Waals surface area (Å²) in [5.41, 5.74) is 6.38. The van der Waals surface area contributed by atoms with Crippen LogP contribution in [0.4, 0.5) is 0 Å². The Balaban J connectivity index is 1.86. The summed E-state index contributed by atoms with van der Waals surface area (Å²) in [7, 11) is 1.62. The first-order valence-electron chi connectivity index (χ1n) is 6.49. The third kappa shape index (κ3) is 4.36. The van der Waals surface area contributed by atoms with E-state index in [1.165, 1.54) is 0 Å². The van der Waals surface area contributed by atoms with E-state index in [4.69, 9.17) is 32.2 Å². The van der Waals surface area contributed by atoms with E-state index in [0.29, 0.717) is 24.0 Å². The van der Waals surface area contributed by atoms with Crippen molar-refractivity contribution in [1.29, 1.82) is 0 Å². The third-order valence-corrected chi connectivity index (χ3v) is 3.02. The highest BCUT2D eigenvalue weighted by Crippen LogP contribution is 2.20. The largest absolute Gasteiger partial charge is 0.497 e. The molecule has 0 amide bonds. The second kappa shape index (κ2) is 7.50. The Kier molecular flexibility index (Phi) is 5.40. The van der Waals surface area contributed by atoms with E-state index in [2.05, 4.69) is 0 Å². The maximum Gasteiger partial charge on any atom is 0.129 e. The highest BCUT2D eigenvalue weighted by atomic mass is 32.1. The minimum Gasteiger partial charge on any atom is -0.497 e. The predicted octanol–water partition coefficient (Wildman–Crippen LogP) is 2.79. The van der Waals surface area contributed by atoms with Crippen molar-refractivity contribution in [2.75, 3.05) is 20.3 Å². The minimum atomic E-state index is 0.319. The van der Waals surface area contributed by atoms with Gasteiger partial charge in [-0.1, -0.05) is 30.4 Å². The molecule has 0 atom stereocenters. The van der Waals surface area contributed by atoms with Gasteiger partial charge in [-0.05, 0) is 24.3 Å². The Hall–Kier alpha value is -2.27. The van der Waals surface area contributed by atoms with E-state index in [0.717, 1.165) is 17.1 Å². The van der Waals surface area contributed by atoms with Crippen molar-refractivity contribution in [2.24, 2.45) is 5.73 Å². The van der Waals surface area contributed by atoms with Crippen LogP contribution in [-0.2, 0) is 0 Å². The van der Waals surface area contributed by atoms with Gasteiger partial charge in [0.1, 0.15) is 35.5 Å². The Morgan fingerprint density at radius 3 is 2.48 bits per heavy atom. The third-order valence-electron chi connectivity index (χ3n) is 2.80. The van der Waals surface area contributed by atoms with Gasteiger partial charge in [-0.25, -0.2) is 0 Å². The number of methoxy groups -OCH3 is 1. The Labute approximate surface area is 129 Å². The molecule has 0 saturated carbocycles. The lowest BCUT2D eigenvalue weighted by Crippen LogP contribution is -2.14. The van der Waals surface area contributed by atoms with Crippen molar-refractivity contribution in [1.82, 2.24) is 0 Å². The van der Waals surface area contributed by atoms with Gasteiger partial charge in [-0.2, -0.15) is 0 Å². The number of ether oxygens (including phenoxy) is 3. The Bertz CT molecular complexity index is 616. The molecule has 0 bridgehead atoms. The average molecular weight is 303 g/mol. The van der Waals surface area contributed by atoms with Crippen LogP contribution >= 0.6 is 12.2 Å². The summed E-state index contributed by atoms with van der Waals surface area (Å²) < 4.78 is 16.4. The van der Waals surface area contributed by atoms with E-state index in [1.807, 2.05) is 48.5 Å². The highest BCUT2D eigenvalue weighted by Gasteiger charge is 2.05. The maximum absolute atomic E-state index is 5.65. The van der Waals surface area contributed by atoms with Gasteiger partial charge in [0.25, 0.3) is 0 Å². The van der Waals surface area contributed by atoms with Crippen LogP contribution in [0.1, 0.15) is 5.56 Å². The molecule has 21 heavy (non-hydrogen) atoms. The smallest absolute Gasteiger partial charge is 0.129 e. The van der Waals surface area contributed by atoms with E-state index in [1.54, 1.807) is 7.11 Å². The van der Waals surface area contributed by atoms with Crippen molar-refractivity contribution in [3.05, 3.63) is 54.1 Å². The lowest BCUT2D eigenvalue weighted by molar-refractivity contribution is 0.216. The molecule has 0 fully saturated rings. The quantitative estimate of drug-likeness (QED) is 0.629. The van der Waals surface area contributed by atoms with Gasteiger partial charge >= 0.3 is 0 Å². The van der Waals surface area contributed by atoms with E-state index >= 15 is 0 Å². The fourth-order valence-electron chi connectivity index (χ4n) is 1.80. The molecular weight excluding hydrogens is 286 g/mol. The zero-order chi connectivity index (χ0) is 15.1. The molecule has 2 aromatic carbocycles. The monoisotopic (exact) mass is 303 g/mol. The van der Waals surface area contributed by atoms with Gasteiger partial charge < -0.3 is 19.9 Å². The molecule has 0 aromatic heterocycles. The second-order valence-corrected chi connectivity index (χ2v) is 4.68. The summed E-state index contributed by atoms with van der Waals surface area (Å²) in [5, 5.41) is 0. The normalized spacial score (nSPS) is 9.95. The van der Waals surface area contributed by atoms with Gasteiger partial charge in [-0.15, -0.1) is 0 Å². The second-order valence-electron chi connectivity index (χ2n) is 4.24. The van der Waals surface area contributed by atoms with Crippen molar-refractivity contribution < 1.29 is 14.2 Å². The number of benzene rings is 2. The van der Waals surface area contributed by atoms with E-state index < -0.39 is 0 Å².